The quantitative estimate of drug-likeness (QED) is 0.625. The van der Waals surface area contributed by atoms with Gasteiger partial charge in [-0.05, 0) is 30.5 Å². The molecular formula is C14H20FNO3. The van der Waals surface area contributed by atoms with Crippen LogP contribution in [0.1, 0.15) is 18.4 Å². The van der Waals surface area contributed by atoms with Gasteiger partial charge in [0.15, 0.2) is 0 Å². The molecular weight excluding hydrogens is 249 g/mol. The average Bonchev–Trinajstić information content (AvgIpc) is 2.68. The molecule has 2 unspecified atom stereocenters. The van der Waals surface area contributed by atoms with Crippen molar-refractivity contribution in [1.29, 1.82) is 0 Å². The first-order valence-corrected chi connectivity index (χ1v) is 6.47. The van der Waals surface area contributed by atoms with Crippen molar-refractivity contribution in [3.63, 3.8) is 0 Å². The number of aliphatic hydroxyl groups is 3. The molecule has 1 aromatic rings. The summed E-state index contributed by atoms with van der Waals surface area (Å²) < 4.78 is 12.7. The van der Waals surface area contributed by atoms with Gasteiger partial charge in [-0.25, -0.2) is 4.39 Å². The zero-order valence-electron chi connectivity index (χ0n) is 10.7. The van der Waals surface area contributed by atoms with Crippen molar-refractivity contribution < 1.29 is 19.7 Å². The third kappa shape index (κ3) is 3.51. The van der Waals surface area contributed by atoms with Crippen molar-refractivity contribution in [1.82, 2.24) is 5.32 Å². The molecule has 0 heterocycles. The topological polar surface area (TPSA) is 72.7 Å². The molecule has 0 saturated heterocycles. The van der Waals surface area contributed by atoms with Crippen molar-refractivity contribution in [2.75, 3.05) is 13.2 Å². The third-order valence-electron chi connectivity index (χ3n) is 3.81. The van der Waals surface area contributed by atoms with Gasteiger partial charge in [0.05, 0.1) is 18.8 Å². The van der Waals surface area contributed by atoms with E-state index in [1.807, 2.05) is 0 Å². The van der Waals surface area contributed by atoms with Crippen LogP contribution in [0.4, 0.5) is 4.39 Å². The fourth-order valence-corrected chi connectivity index (χ4v) is 2.65. The monoisotopic (exact) mass is 269 g/mol. The second kappa shape index (κ2) is 5.96. The first-order valence-electron chi connectivity index (χ1n) is 6.47. The molecule has 2 rings (SSSR count). The van der Waals surface area contributed by atoms with Gasteiger partial charge in [0.1, 0.15) is 5.82 Å². The minimum absolute atomic E-state index is 0.0719. The highest BCUT2D eigenvalue weighted by molar-refractivity contribution is 5.15. The maximum absolute atomic E-state index is 12.7. The molecule has 0 bridgehead atoms. The molecule has 19 heavy (non-hydrogen) atoms. The van der Waals surface area contributed by atoms with Gasteiger partial charge in [-0.2, -0.15) is 0 Å². The van der Waals surface area contributed by atoms with Gasteiger partial charge in [-0.15, -0.1) is 0 Å². The largest absolute Gasteiger partial charge is 0.396 e. The Morgan fingerprint density at radius 2 is 1.74 bits per heavy atom. The fraction of sp³-hybridized carbons (Fsp3) is 0.571. The number of halogens is 1. The number of benzene rings is 1. The number of aliphatic hydroxyl groups excluding tert-OH is 3. The van der Waals surface area contributed by atoms with E-state index < -0.39 is 17.6 Å². The van der Waals surface area contributed by atoms with E-state index in [1.54, 1.807) is 12.1 Å². The van der Waals surface area contributed by atoms with Gasteiger partial charge >= 0.3 is 0 Å². The van der Waals surface area contributed by atoms with Crippen LogP contribution in [0.5, 0.6) is 0 Å². The summed E-state index contributed by atoms with van der Waals surface area (Å²) in [6.45, 7) is 1.00. The molecule has 5 heteroatoms. The second-order valence-electron chi connectivity index (χ2n) is 5.43. The third-order valence-corrected chi connectivity index (χ3v) is 3.81. The highest BCUT2D eigenvalue weighted by Gasteiger charge is 2.43. The molecule has 1 aromatic carbocycles. The Morgan fingerprint density at radius 1 is 1.16 bits per heavy atom. The van der Waals surface area contributed by atoms with Crippen LogP contribution in [0.3, 0.4) is 0 Å². The first-order chi connectivity index (χ1) is 9.04. The van der Waals surface area contributed by atoms with Crippen molar-refractivity contribution in [2.24, 2.45) is 5.41 Å². The van der Waals surface area contributed by atoms with Crippen LogP contribution in [0.25, 0.3) is 0 Å². The second-order valence-corrected chi connectivity index (χ2v) is 5.43. The zero-order chi connectivity index (χ0) is 13.9. The molecule has 2 atom stereocenters. The summed E-state index contributed by atoms with van der Waals surface area (Å²) in [5.74, 6) is -0.266. The average molecular weight is 269 g/mol. The summed E-state index contributed by atoms with van der Waals surface area (Å²) in [7, 11) is 0. The molecule has 4 nitrogen and oxygen atoms in total. The van der Waals surface area contributed by atoms with E-state index in [0.717, 1.165) is 5.56 Å². The van der Waals surface area contributed by atoms with Gasteiger partial charge < -0.3 is 20.6 Å². The number of rotatable bonds is 5. The van der Waals surface area contributed by atoms with Gasteiger partial charge in [0.25, 0.3) is 0 Å². The Balaban J connectivity index is 1.86. The Kier molecular flexibility index (Phi) is 4.52. The Hall–Kier alpha value is -1.01. The minimum atomic E-state index is -0.764. The van der Waals surface area contributed by atoms with Crippen LogP contribution < -0.4 is 5.32 Å². The van der Waals surface area contributed by atoms with Crippen molar-refractivity contribution >= 4 is 0 Å². The molecule has 0 amide bonds. The standard InChI is InChI=1S/C14H20FNO3/c15-11-3-1-10(2-4-11)7-16-8-14(9-17)5-12(18)13(19)6-14/h1-4,12-13,16-19H,5-9H2. The van der Waals surface area contributed by atoms with Crippen LogP contribution in [-0.4, -0.2) is 40.7 Å². The minimum Gasteiger partial charge on any atom is -0.396 e. The maximum atomic E-state index is 12.7. The van der Waals surface area contributed by atoms with Crippen LogP contribution in [0.2, 0.25) is 0 Å². The maximum Gasteiger partial charge on any atom is 0.123 e. The summed E-state index contributed by atoms with van der Waals surface area (Å²) in [6, 6.07) is 6.21. The van der Waals surface area contributed by atoms with E-state index in [9.17, 15) is 19.7 Å². The summed E-state index contributed by atoms with van der Waals surface area (Å²) in [6.07, 6.45) is -0.748. The van der Waals surface area contributed by atoms with Crippen LogP contribution in [0, 0.1) is 11.2 Å². The van der Waals surface area contributed by atoms with E-state index in [1.165, 1.54) is 12.1 Å². The van der Waals surface area contributed by atoms with Crippen molar-refractivity contribution in [2.45, 2.75) is 31.6 Å². The SMILES string of the molecule is OCC1(CNCc2ccc(F)cc2)CC(O)C(O)C1. The molecule has 1 aliphatic rings. The Bertz CT molecular complexity index is 400. The lowest BCUT2D eigenvalue weighted by atomic mass is 9.87. The normalized spacial score (nSPS) is 30.7. The van der Waals surface area contributed by atoms with Gasteiger partial charge in [-0.3, -0.25) is 0 Å². The van der Waals surface area contributed by atoms with E-state index in [-0.39, 0.29) is 12.4 Å². The molecule has 0 aliphatic heterocycles. The highest BCUT2D eigenvalue weighted by Crippen LogP contribution is 2.37. The van der Waals surface area contributed by atoms with E-state index in [0.29, 0.717) is 25.9 Å². The van der Waals surface area contributed by atoms with E-state index in [4.69, 9.17) is 0 Å². The molecule has 1 fully saturated rings. The molecule has 1 aliphatic carbocycles. The Labute approximate surface area is 111 Å². The van der Waals surface area contributed by atoms with Crippen LogP contribution in [-0.2, 0) is 6.54 Å². The molecule has 1 saturated carbocycles. The molecule has 0 radical (unpaired) electrons. The summed E-state index contributed by atoms with van der Waals surface area (Å²) in [5, 5.41) is 31.8. The number of nitrogens with one attached hydrogen (secondary N) is 1. The molecule has 0 aromatic heterocycles. The summed E-state index contributed by atoms with van der Waals surface area (Å²) in [4.78, 5) is 0. The van der Waals surface area contributed by atoms with Gasteiger partial charge in [0.2, 0.25) is 0 Å². The lowest BCUT2D eigenvalue weighted by molar-refractivity contribution is 0.0438. The lowest BCUT2D eigenvalue weighted by Gasteiger charge is -2.26. The lowest BCUT2D eigenvalue weighted by Crippen LogP contribution is -2.35. The number of hydrogen-bond donors (Lipinski definition) is 4. The van der Waals surface area contributed by atoms with Crippen LogP contribution >= 0.6 is 0 Å². The predicted molar refractivity (Wildman–Crippen MR) is 68.9 cm³/mol. The van der Waals surface area contributed by atoms with Crippen LogP contribution in [0.15, 0.2) is 24.3 Å². The van der Waals surface area contributed by atoms with Crippen molar-refractivity contribution in [3.8, 4) is 0 Å². The fourth-order valence-electron chi connectivity index (χ4n) is 2.65. The highest BCUT2D eigenvalue weighted by atomic mass is 19.1. The summed E-state index contributed by atoms with van der Waals surface area (Å²) >= 11 is 0. The van der Waals surface area contributed by atoms with E-state index >= 15 is 0 Å². The molecule has 0 spiro atoms. The summed E-state index contributed by atoms with van der Waals surface area (Å²) in [5.41, 5.74) is 0.479. The van der Waals surface area contributed by atoms with Gasteiger partial charge in [0, 0.05) is 18.5 Å². The zero-order valence-corrected chi connectivity index (χ0v) is 10.7. The predicted octanol–water partition coefficient (Wildman–Crippen LogP) is 0.410. The van der Waals surface area contributed by atoms with Gasteiger partial charge in [-0.1, -0.05) is 12.1 Å². The molecule has 106 valence electrons. The first kappa shape index (κ1) is 14.4. The Morgan fingerprint density at radius 3 is 2.26 bits per heavy atom. The van der Waals surface area contributed by atoms with E-state index in [2.05, 4.69) is 5.32 Å². The molecule has 4 N–H and O–H groups in total. The number of hydrogen-bond acceptors (Lipinski definition) is 4. The smallest absolute Gasteiger partial charge is 0.123 e. The van der Waals surface area contributed by atoms with Crippen molar-refractivity contribution in [3.05, 3.63) is 35.6 Å².